The number of aliphatic carboxylic acids is 1. The molecule has 166 valence electrons. The number of carboxylic acid groups (broad SMARTS) is 1. The summed E-state index contributed by atoms with van der Waals surface area (Å²) in [6.07, 6.45) is 2.02. The molecule has 1 amide bonds. The van der Waals surface area contributed by atoms with Crippen LogP contribution in [0.3, 0.4) is 0 Å². The third-order valence-electron chi connectivity index (χ3n) is 5.40. The van der Waals surface area contributed by atoms with Gasteiger partial charge in [-0.15, -0.1) is 0 Å². The fourth-order valence-electron chi connectivity index (χ4n) is 3.68. The van der Waals surface area contributed by atoms with E-state index >= 15 is 0 Å². The van der Waals surface area contributed by atoms with Gasteiger partial charge in [0.15, 0.2) is 0 Å². The average Bonchev–Trinajstić information content (AvgIpc) is 2.85. The van der Waals surface area contributed by atoms with Gasteiger partial charge in [0.2, 0.25) is 0 Å². The van der Waals surface area contributed by atoms with Crippen molar-refractivity contribution in [3.8, 4) is 11.3 Å². The van der Waals surface area contributed by atoms with Crippen molar-refractivity contribution in [3.63, 3.8) is 0 Å². The first-order chi connectivity index (χ1) is 16.1. The number of rotatable bonds is 9. The minimum absolute atomic E-state index is 0.132. The highest BCUT2D eigenvalue weighted by Gasteiger charge is 2.13. The Hall–Kier alpha value is -4.06. The Balaban J connectivity index is 1.60. The maximum Gasteiger partial charge on any atom is 0.303 e. The van der Waals surface area contributed by atoms with Gasteiger partial charge in [0.05, 0.1) is 22.4 Å². The summed E-state index contributed by atoms with van der Waals surface area (Å²) in [6, 6.07) is 24.9. The van der Waals surface area contributed by atoms with E-state index in [4.69, 9.17) is 15.1 Å². The number of carbonyl (C=O) groups is 2. The van der Waals surface area contributed by atoms with Crippen molar-refractivity contribution in [2.45, 2.75) is 32.2 Å². The number of fused-ring (bicyclic) bond motifs is 1. The zero-order chi connectivity index (χ0) is 23.0. The molecule has 0 aliphatic rings. The van der Waals surface area contributed by atoms with E-state index in [9.17, 15) is 9.59 Å². The molecule has 33 heavy (non-hydrogen) atoms. The van der Waals surface area contributed by atoms with Crippen LogP contribution in [0.2, 0.25) is 0 Å². The number of nitrogens with one attached hydrogen (secondary N) is 1. The van der Waals surface area contributed by atoms with E-state index in [0.717, 1.165) is 22.5 Å². The molecular weight excluding hydrogens is 414 g/mol. The molecule has 0 bridgehead atoms. The third kappa shape index (κ3) is 5.80. The third-order valence-corrected chi connectivity index (χ3v) is 5.40. The maximum absolute atomic E-state index is 12.7. The van der Waals surface area contributed by atoms with Crippen molar-refractivity contribution in [1.29, 1.82) is 0 Å². The second-order valence-corrected chi connectivity index (χ2v) is 7.86. The average molecular weight is 440 g/mol. The van der Waals surface area contributed by atoms with Crippen LogP contribution in [0.1, 0.15) is 40.9 Å². The molecule has 0 unspecified atom stereocenters. The summed E-state index contributed by atoms with van der Waals surface area (Å²) in [5.74, 6) is -0.966. The predicted octanol–water partition coefficient (Wildman–Crippen LogP) is 5.02. The summed E-state index contributed by atoms with van der Waals surface area (Å²) < 4.78 is 0. The van der Waals surface area contributed by atoms with Crippen LogP contribution in [0, 0.1) is 0 Å². The highest BCUT2D eigenvalue weighted by molar-refractivity contribution is 5.97. The van der Waals surface area contributed by atoms with E-state index < -0.39 is 5.97 Å². The van der Waals surface area contributed by atoms with Gasteiger partial charge in [-0.2, -0.15) is 0 Å². The Morgan fingerprint density at radius 3 is 2.27 bits per heavy atom. The largest absolute Gasteiger partial charge is 0.481 e. The number of nitrogens with zero attached hydrogens (tertiary/aromatic N) is 2. The molecule has 0 spiro atoms. The monoisotopic (exact) mass is 439 g/mol. The first kappa shape index (κ1) is 22.1. The highest BCUT2D eigenvalue weighted by Crippen LogP contribution is 2.25. The van der Waals surface area contributed by atoms with Gasteiger partial charge in [0.1, 0.15) is 0 Å². The van der Waals surface area contributed by atoms with Crippen LogP contribution in [-0.2, 0) is 17.8 Å². The zero-order valence-corrected chi connectivity index (χ0v) is 18.2. The SMILES string of the molecule is O=C(O)CCCCc1nc2cc(C(=O)NCc3ccccc3)ccc2nc1-c1ccccc1. The Morgan fingerprint density at radius 1 is 0.818 bits per heavy atom. The smallest absolute Gasteiger partial charge is 0.303 e. The summed E-state index contributed by atoms with van der Waals surface area (Å²) in [5, 5.41) is 11.9. The van der Waals surface area contributed by atoms with Crippen molar-refractivity contribution in [2.75, 3.05) is 0 Å². The van der Waals surface area contributed by atoms with Crippen LogP contribution >= 0.6 is 0 Å². The fraction of sp³-hybridized carbons (Fsp3) is 0.185. The molecule has 2 N–H and O–H groups in total. The summed E-state index contributed by atoms with van der Waals surface area (Å²) in [4.78, 5) is 33.2. The number of unbranched alkanes of at least 4 members (excludes halogenated alkanes) is 1. The van der Waals surface area contributed by atoms with Crippen molar-refractivity contribution in [3.05, 3.63) is 95.7 Å². The summed E-state index contributed by atoms with van der Waals surface area (Å²) in [7, 11) is 0. The van der Waals surface area contributed by atoms with Crippen molar-refractivity contribution < 1.29 is 14.7 Å². The zero-order valence-electron chi connectivity index (χ0n) is 18.2. The summed E-state index contributed by atoms with van der Waals surface area (Å²) in [6.45, 7) is 0.450. The Labute approximate surface area is 192 Å². The lowest BCUT2D eigenvalue weighted by Crippen LogP contribution is -2.22. The standard InChI is InChI=1S/C27H25N3O3/c31-25(32)14-8-7-13-23-26(20-11-5-2-6-12-20)30-22-16-15-21(17-24(22)29-23)27(33)28-18-19-9-3-1-4-10-19/h1-6,9-12,15-17H,7-8,13-14,18H2,(H,28,33)(H,31,32). The molecule has 4 aromatic rings. The molecule has 0 atom stereocenters. The van der Waals surface area contributed by atoms with E-state index in [1.165, 1.54) is 0 Å². The molecule has 6 nitrogen and oxygen atoms in total. The fourth-order valence-corrected chi connectivity index (χ4v) is 3.68. The second-order valence-electron chi connectivity index (χ2n) is 7.86. The number of amides is 1. The molecular formula is C27H25N3O3. The molecule has 0 saturated carbocycles. The van der Waals surface area contributed by atoms with Gasteiger partial charge in [0, 0.05) is 24.1 Å². The number of hydrogen-bond acceptors (Lipinski definition) is 4. The van der Waals surface area contributed by atoms with Gasteiger partial charge in [-0.25, -0.2) is 9.97 Å². The Bertz CT molecular complexity index is 1260. The minimum Gasteiger partial charge on any atom is -0.481 e. The van der Waals surface area contributed by atoms with Crippen LogP contribution in [-0.4, -0.2) is 27.0 Å². The lowest BCUT2D eigenvalue weighted by Gasteiger charge is -2.11. The van der Waals surface area contributed by atoms with Gasteiger partial charge < -0.3 is 10.4 Å². The molecule has 0 aliphatic carbocycles. The normalized spacial score (nSPS) is 10.8. The van der Waals surface area contributed by atoms with Gasteiger partial charge in [-0.1, -0.05) is 60.7 Å². The first-order valence-electron chi connectivity index (χ1n) is 11.0. The van der Waals surface area contributed by atoms with Crippen molar-refractivity contribution >= 4 is 22.9 Å². The Morgan fingerprint density at radius 2 is 1.55 bits per heavy atom. The number of aryl methyl sites for hydroxylation is 1. The van der Waals surface area contributed by atoms with E-state index in [-0.39, 0.29) is 12.3 Å². The van der Waals surface area contributed by atoms with Gasteiger partial charge >= 0.3 is 5.97 Å². The van der Waals surface area contributed by atoms with E-state index in [0.29, 0.717) is 42.4 Å². The van der Waals surface area contributed by atoms with Gasteiger partial charge in [-0.05, 0) is 43.0 Å². The van der Waals surface area contributed by atoms with Crippen LogP contribution in [0.5, 0.6) is 0 Å². The number of hydrogen-bond donors (Lipinski definition) is 2. The van der Waals surface area contributed by atoms with Crippen LogP contribution in [0.25, 0.3) is 22.3 Å². The lowest BCUT2D eigenvalue weighted by molar-refractivity contribution is -0.137. The first-order valence-corrected chi connectivity index (χ1v) is 11.0. The number of benzene rings is 3. The van der Waals surface area contributed by atoms with Gasteiger partial charge in [-0.3, -0.25) is 9.59 Å². The highest BCUT2D eigenvalue weighted by atomic mass is 16.4. The number of carboxylic acids is 1. The van der Waals surface area contributed by atoms with Crippen LogP contribution < -0.4 is 5.32 Å². The molecule has 3 aromatic carbocycles. The van der Waals surface area contributed by atoms with E-state index in [2.05, 4.69) is 5.32 Å². The molecule has 6 heteroatoms. The molecule has 0 fully saturated rings. The van der Waals surface area contributed by atoms with Crippen molar-refractivity contribution in [1.82, 2.24) is 15.3 Å². The van der Waals surface area contributed by atoms with Gasteiger partial charge in [0.25, 0.3) is 5.91 Å². The van der Waals surface area contributed by atoms with Crippen molar-refractivity contribution in [2.24, 2.45) is 0 Å². The second kappa shape index (κ2) is 10.5. The topological polar surface area (TPSA) is 92.2 Å². The predicted molar refractivity (Wildman–Crippen MR) is 128 cm³/mol. The molecule has 0 aliphatic heterocycles. The molecule has 1 aromatic heterocycles. The van der Waals surface area contributed by atoms with Crippen LogP contribution in [0.15, 0.2) is 78.9 Å². The van der Waals surface area contributed by atoms with E-state index in [1.807, 2.05) is 66.7 Å². The summed E-state index contributed by atoms with van der Waals surface area (Å²) >= 11 is 0. The lowest BCUT2D eigenvalue weighted by atomic mass is 10.0. The quantitative estimate of drug-likeness (QED) is 0.357. The maximum atomic E-state index is 12.7. The number of aromatic nitrogens is 2. The van der Waals surface area contributed by atoms with Crippen LogP contribution in [0.4, 0.5) is 0 Å². The molecule has 0 radical (unpaired) electrons. The molecule has 0 saturated heterocycles. The molecule has 4 rings (SSSR count). The molecule has 1 heterocycles. The number of carbonyl (C=O) groups excluding carboxylic acids is 1. The van der Waals surface area contributed by atoms with E-state index in [1.54, 1.807) is 12.1 Å². The minimum atomic E-state index is -0.797. The Kier molecular flexibility index (Phi) is 7.05. The summed E-state index contributed by atoms with van der Waals surface area (Å²) in [5.41, 5.74) is 5.48.